The smallest absolute Gasteiger partial charge is 0.227 e. The summed E-state index contributed by atoms with van der Waals surface area (Å²) >= 11 is 0. The number of methoxy groups -OCH3 is 1. The molecule has 1 amide bonds. The van der Waals surface area contributed by atoms with Crippen LogP contribution in [0.3, 0.4) is 0 Å². The first-order chi connectivity index (χ1) is 10.1. The normalized spacial score (nSPS) is 21.7. The topological polar surface area (TPSA) is 59.6 Å². The summed E-state index contributed by atoms with van der Waals surface area (Å²) in [6.07, 6.45) is 1.75. The van der Waals surface area contributed by atoms with Crippen LogP contribution in [0.2, 0.25) is 0 Å². The lowest BCUT2D eigenvalue weighted by molar-refractivity contribution is -0.120. The van der Waals surface area contributed by atoms with Crippen molar-refractivity contribution in [3.8, 4) is 11.5 Å². The van der Waals surface area contributed by atoms with Crippen LogP contribution in [0, 0.1) is 5.92 Å². The second-order valence-electron chi connectivity index (χ2n) is 5.36. The number of piperidine rings is 1. The summed E-state index contributed by atoms with van der Waals surface area (Å²) in [5.74, 6) is 1.47. The zero-order valence-electron chi connectivity index (χ0n) is 12.9. The molecular formula is C16H24N2O3. The number of hydrogen-bond donors (Lipinski definition) is 2. The van der Waals surface area contributed by atoms with E-state index in [2.05, 4.69) is 17.6 Å². The van der Waals surface area contributed by atoms with Crippen molar-refractivity contribution < 1.29 is 14.3 Å². The Morgan fingerprint density at radius 3 is 2.90 bits per heavy atom. The fourth-order valence-electron chi connectivity index (χ4n) is 2.64. The standard InChI is InChI=1S/C16H24N2O3/c1-4-21-15-10-13(5-6-14(15)20-3)18-16(19)12-7-8-17-11(2)9-12/h5-6,10-12,17H,4,7-9H2,1-3H3,(H,18,19)/t11-,12-/m0/s1. The molecule has 1 aromatic rings. The van der Waals surface area contributed by atoms with Gasteiger partial charge < -0.3 is 20.1 Å². The molecule has 2 atom stereocenters. The Hall–Kier alpha value is -1.75. The minimum Gasteiger partial charge on any atom is -0.493 e. The molecule has 5 nitrogen and oxygen atoms in total. The Balaban J connectivity index is 2.04. The van der Waals surface area contributed by atoms with Crippen LogP contribution >= 0.6 is 0 Å². The van der Waals surface area contributed by atoms with E-state index in [9.17, 15) is 4.79 Å². The summed E-state index contributed by atoms with van der Waals surface area (Å²) in [5, 5.41) is 6.34. The van der Waals surface area contributed by atoms with Gasteiger partial charge in [0.2, 0.25) is 5.91 Å². The van der Waals surface area contributed by atoms with Gasteiger partial charge in [-0.05, 0) is 45.4 Å². The average Bonchev–Trinajstić information content (AvgIpc) is 2.48. The Morgan fingerprint density at radius 1 is 1.43 bits per heavy atom. The molecule has 0 aromatic heterocycles. The van der Waals surface area contributed by atoms with Gasteiger partial charge in [-0.15, -0.1) is 0 Å². The zero-order chi connectivity index (χ0) is 15.2. The largest absolute Gasteiger partial charge is 0.493 e. The third-order valence-electron chi connectivity index (χ3n) is 3.73. The third kappa shape index (κ3) is 4.11. The first kappa shape index (κ1) is 15.6. The molecule has 0 radical (unpaired) electrons. The van der Waals surface area contributed by atoms with E-state index < -0.39 is 0 Å². The van der Waals surface area contributed by atoms with E-state index in [1.54, 1.807) is 7.11 Å². The highest BCUT2D eigenvalue weighted by Crippen LogP contribution is 2.30. The van der Waals surface area contributed by atoms with Crippen molar-refractivity contribution in [2.24, 2.45) is 5.92 Å². The molecule has 0 bridgehead atoms. The molecule has 1 saturated heterocycles. The van der Waals surface area contributed by atoms with Crippen LogP contribution in [0.25, 0.3) is 0 Å². The van der Waals surface area contributed by atoms with Crippen LogP contribution in [-0.2, 0) is 4.79 Å². The first-order valence-corrected chi connectivity index (χ1v) is 7.49. The first-order valence-electron chi connectivity index (χ1n) is 7.49. The van der Waals surface area contributed by atoms with Crippen LogP contribution < -0.4 is 20.1 Å². The van der Waals surface area contributed by atoms with Gasteiger partial charge >= 0.3 is 0 Å². The highest BCUT2D eigenvalue weighted by Gasteiger charge is 2.24. The maximum Gasteiger partial charge on any atom is 0.227 e. The molecule has 5 heteroatoms. The van der Waals surface area contributed by atoms with Crippen molar-refractivity contribution in [2.75, 3.05) is 25.6 Å². The van der Waals surface area contributed by atoms with Gasteiger partial charge in [-0.2, -0.15) is 0 Å². The number of ether oxygens (including phenoxy) is 2. The molecule has 1 aliphatic heterocycles. The Bertz CT molecular complexity index is 490. The second kappa shape index (κ2) is 7.31. The number of carbonyl (C=O) groups excluding carboxylic acids is 1. The van der Waals surface area contributed by atoms with Crippen LogP contribution in [-0.4, -0.2) is 32.2 Å². The van der Waals surface area contributed by atoms with Gasteiger partial charge in [0.25, 0.3) is 0 Å². The molecular weight excluding hydrogens is 268 g/mol. The molecule has 0 aliphatic carbocycles. The number of carbonyl (C=O) groups is 1. The van der Waals surface area contributed by atoms with Gasteiger partial charge in [0, 0.05) is 23.7 Å². The van der Waals surface area contributed by atoms with Gasteiger partial charge in [0.1, 0.15) is 0 Å². The van der Waals surface area contributed by atoms with E-state index >= 15 is 0 Å². The van der Waals surface area contributed by atoms with Crippen LogP contribution in [0.5, 0.6) is 11.5 Å². The molecule has 116 valence electrons. The summed E-state index contributed by atoms with van der Waals surface area (Å²) < 4.78 is 10.8. The fraction of sp³-hybridized carbons (Fsp3) is 0.562. The number of benzene rings is 1. The minimum atomic E-state index is 0.0684. The molecule has 1 heterocycles. The van der Waals surface area contributed by atoms with Crippen LogP contribution in [0.15, 0.2) is 18.2 Å². The maximum absolute atomic E-state index is 12.3. The van der Waals surface area contributed by atoms with Crippen molar-refractivity contribution in [3.63, 3.8) is 0 Å². The Kier molecular flexibility index (Phi) is 5.44. The van der Waals surface area contributed by atoms with E-state index in [0.29, 0.717) is 24.1 Å². The van der Waals surface area contributed by atoms with E-state index in [4.69, 9.17) is 9.47 Å². The predicted molar refractivity (Wildman–Crippen MR) is 83.0 cm³/mol. The highest BCUT2D eigenvalue weighted by atomic mass is 16.5. The predicted octanol–water partition coefficient (Wildman–Crippen LogP) is 2.42. The minimum absolute atomic E-state index is 0.0684. The molecule has 0 unspecified atom stereocenters. The number of hydrogen-bond acceptors (Lipinski definition) is 4. The number of rotatable bonds is 5. The lowest BCUT2D eigenvalue weighted by Crippen LogP contribution is -2.40. The molecule has 2 N–H and O–H groups in total. The summed E-state index contributed by atoms with van der Waals surface area (Å²) in [4.78, 5) is 12.3. The summed E-state index contributed by atoms with van der Waals surface area (Å²) in [6, 6.07) is 5.85. The second-order valence-corrected chi connectivity index (χ2v) is 5.36. The van der Waals surface area contributed by atoms with E-state index in [1.165, 1.54) is 0 Å². The Morgan fingerprint density at radius 2 is 2.24 bits per heavy atom. The molecule has 1 fully saturated rings. The summed E-state index contributed by atoms with van der Waals surface area (Å²) in [7, 11) is 1.60. The maximum atomic E-state index is 12.3. The quantitative estimate of drug-likeness (QED) is 0.875. The van der Waals surface area contributed by atoms with E-state index in [-0.39, 0.29) is 11.8 Å². The third-order valence-corrected chi connectivity index (χ3v) is 3.73. The average molecular weight is 292 g/mol. The van der Waals surface area contributed by atoms with Crippen molar-refractivity contribution in [2.45, 2.75) is 32.7 Å². The molecule has 2 rings (SSSR count). The molecule has 1 aromatic carbocycles. The lowest BCUT2D eigenvalue weighted by atomic mass is 9.92. The van der Waals surface area contributed by atoms with Gasteiger partial charge in [-0.3, -0.25) is 4.79 Å². The van der Waals surface area contributed by atoms with Gasteiger partial charge in [-0.25, -0.2) is 0 Å². The van der Waals surface area contributed by atoms with Crippen molar-refractivity contribution in [1.82, 2.24) is 5.32 Å². The molecule has 0 spiro atoms. The monoisotopic (exact) mass is 292 g/mol. The molecule has 21 heavy (non-hydrogen) atoms. The SMILES string of the molecule is CCOc1cc(NC(=O)[C@H]2CCN[C@@H](C)C2)ccc1OC. The summed E-state index contributed by atoms with van der Waals surface area (Å²) in [5.41, 5.74) is 0.746. The fourth-order valence-corrected chi connectivity index (χ4v) is 2.64. The van der Waals surface area contributed by atoms with Crippen molar-refractivity contribution in [1.29, 1.82) is 0 Å². The van der Waals surface area contributed by atoms with Gasteiger partial charge in [0.15, 0.2) is 11.5 Å². The van der Waals surface area contributed by atoms with E-state index in [0.717, 1.165) is 25.1 Å². The number of anilines is 1. The number of amides is 1. The highest BCUT2D eigenvalue weighted by molar-refractivity contribution is 5.93. The van der Waals surface area contributed by atoms with Gasteiger partial charge in [0.05, 0.1) is 13.7 Å². The van der Waals surface area contributed by atoms with E-state index in [1.807, 2.05) is 25.1 Å². The summed E-state index contributed by atoms with van der Waals surface area (Å²) in [6.45, 7) is 5.48. The van der Waals surface area contributed by atoms with Crippen LogP contribution in [0.4, 0.5) is 5.69 Å². The van der Waals surface area contributed by atoms with Gasteiger partial charge in [-0.1, -0.05) is 0 Å². The zero-order valence-corrected chi connectivity index (χ0v) is 12.9. The lowest BCUT2D eigenvalue weighted by Gasteiger charge is -2.27. The van der Waals surface area contributed by atoms with Crippen LogP contribution in [0.1, 0.15) is 26.7 Å². The van der Waals surface area contributed by atoms with Crippen molar-refractivity contribution >= 4 is 11.6 Å². The molecule has 0 saturated carbocycles. The number of nitrogens with one attached hydrogen (secondary N) is 2. The Labute approximate surface area is 126 Å². The molecule has 1 aliphatic rings. The van der Waals surface area contributed by atoms with Crippen molar-refractivity contribution in [3.05, 3.63) is 18.2 Å².